The van der Waals surface area contributed by atoms with Gasteiger partial charge in [-0.3, -0.25) is 29.5 Å². The minimum Gasteiger partial charge on any atom is -0.495 e. The molecule has 0 spiro atoms. The molecule has 18 heteroatoms. The standard InChI is InChI=1S/C25H31N5O4.C24H28FN5O3/c1-32-20-14-22-21(28-16-20)3-4-25(31)30(22)10-9-29-7-5-18(6-8-29)26-15-19-13-23-24(17-27-19)34-12-2-11-33-23;25-17-12-21-20(28-14-17)2-3-24(31)30(21)9-8-29-6-4-18(5-7-29)26-15-19-13-22-23(16-27-19)33-11-1-10-32-22/h3-4,13-14,16-18,26H,2,5-12,15H2,1H3;2-3,12-14,16,18,26H,1,4-11,15H2. The first kappa shape index (κ1) is 45.9. The minimum absolute atomic E-state index is 0.0123. The Kier molecular flexibility index (Phi) is 15.1. The van der Waals surface area contributed by atoms with E-state index >= 15 is 0 Å². The van der Waals surface area contributed by atoms with Gasteiger partial charge >= 0.3 is 0 Å². The van der Waals surface area contributed by atoms with Crippen LogP contribution in [0.3, 0.4) is 0 Å². The van der Waals surface area contributed by atoms with Crippen LogP contribution in [-0.4, -0.2) is 124 Å². The molecule has 2 N–H and O–H groups in total. The van der Waals surface area contributed by atoms with Crippen LogP contribution < -0.4 is 45.4 Å². The van der Waals surface area contributed by atoms with Crippen LogP contribution in [0.4, 0.5) is 4.39 Å². The van der Waals surface area contributed by atoms with Gasteiger partial charge in [-0.15, -0.1) is 0 Å². The van der Waals surface area contributed by atoms with Gasteiger partial charge in [0, 0.05) is 101 Å². The largest absolute Gasteiger partial charge is 0.495 e. The Morgan fingerprint density at radius 2 is 1.04 bits per heavy atom. The average Bonchev–Trinajstić information content (AvgIpc) is 3.75. The van der Waals surface area contributed by atoms with E-state index in [1.165, 1.54) is 18.3 Å². The summed E-state index contributed by atoms with van der Waals surface area (Å²) in [5, 5.41) is 7.24. The number of aromatic nitrogens is 6. The number of piperidine rings is 2. The van der Waals surface area contributed by atoms with Crippen LogP contribution in [0, 0.1) is 5.82 Å². The first-order valence-electron chi connectivity index (χ1n) is 23.4. The molecule has 2 fully saturated rings. The summed E-state index contributed by atoms with van der Waals surface area (Å²) in [6.07, 6.45) is 12.3. The van der Waals surface area contributed by atoms with Crippen molar-refractivity contribution in [2.75, 3.05) is 72.8 Å². The molecule has 354 valence electrons. The van der Waals surface area contributed by atoms with Gasteiger partial charge in [-0.2, -0.15) is 0 Å². The van der Waals surface area contributed by atoms with E-state index < -0.39 is 5.82 Å². The summed E-state index contributed by atoms with van der Waals surface area (Å²) in [4.78, 5) is 47.2. The Balaban J connectivity index is 0.000000168. The van der Waals surface area contributed by atoms with Crippen molar-refractivity contribution in [2.45, 2.75) is 76.8 Å². The molecule has 17 nitrogen and oxygen atoms in total. The van der Waals surface area contributed by atoms with Crippen LogP contribution in [0.15, 0.2) is 82.9 Å². The molecule has 0 atom stereocenters. The van der Waals surface area contributed by atoms with Crippen molar-refractivity contribution >= 4 is 22.1 Å². The van der Waals surface area contributed by atoms with Crippen LogP contribution in [0.1, 0.15) is 49.9 Å². The van der Waals surface area contributed by atoms with Crippen molar-refractivity contribution in [3.63, 3.8) is 0 Å². The van der Waals surface area contributed by atoms with Gasteiger partial charge in [0.15, 0.2) is 23.0 Å². The Hall–Kier alpha value is -6.21. The van der Waals surface area contributed by atoms with Gasteiger partial charge in [-0.05, 0) is 64.0 Å². The second-order valence-electron chi connectivity index (χ2n) is 17.3. The van der Waals surface area contributed by atoms with Crippen molar-refractivity contribution < 1.29 is 28.1 Å². The second kappa shape index (κ2) is 22.1. The molecule has 0 aromatic carbocycles. The van der Waals surface area contributed by atoms with Gasteiger partial charge in [-0.25, -0.2) is 4.39 Å². The van der Waals surface area contributed by atoms with Gasteiger partial charge in [0.2, 0.25) is 0 Å². The van der Waals surface area contributed by atoms with E-state index in [9.17, 15) is 14.0 Å². The number of halogens is 1. The molecular formula is C49H59FN10O7. The van der Waals surface area contributed by atoms with Gasteiger partial charge < -0.3 is 53.3 Å². The lowest BCUT2D eigenvalue weighted by Gasteiger charge is -2.32. The number of pyridine rings is 6. The van der Waals surface area contributed by atoms with Gasteiger partial charge in [0.25, 0.3) is 11.1 Å². The Bertz CT molecular complexity index is 2740. The van der Waals surface area contributed by atoms with E-state index in [0.717, 1.165) is 117 Å². The molecule has 4 aliphatic rings. The number of nitrogens with zero attached hydrogens (tertiary/aromatic N) is 8. The quantitative estimate of drug-likeness (QED) is 0.165. The molecule has 10 heterocycles. The lowest BCUT2D eigenvalue weighted by atomic mass is 10.0. The SMILES string of the molecule is COc1cnc2ccc(=O)n(CCN3CCC(NCc4cc5c(cn4)OCCCO5)CC3)c2c1.O=c1ccc2ncc(F)cc2n1CCN1CCC(NCc2cc3c(cn2)OCCCO3)CC1. The fourth-order valence-electron chi connectivity index (χ4n) is 8.98. The van der Waals surface area contributed by atoms with Crippen LogP contribution >= 0.6 is 0 Å². The molecule has 4 aliphatic heterocycles. The zero-order chi connectivity index (χ0) is 46.0. The number of hydrogen-bond acceptors (Lipinski definition) is 15. The molecule has 0 amide bonds. The number of nitrogens with one attached hydrogen (secondary N) is 2. The molecule has 0 radical (unpaired) electrons. The van der Waals surface area contributed by atoms with E-state index in [1.807, 2.05) is 18.2 Å². The summed E-state index contributed by atoms with van der Waals surface area (Å²) in [7, 11) is 1.61. The van der Waals surface area contributed by atoms with Gasteiger partial charge in [0.05, 0.1) is 91.8 Å². The fourth-order valence-corrected chi connectivity index (χ4v) is 8.98. The summed E-state index contributed by atoms with van der Waals surface area (Å²) < 4.78 is 45.2. The molecule has 0 bridgehead atoms. The summed E-state index contributed by atoms with van der Waals surface area (Å²) >= 11 is 0. The molecule has 10 rings (SSSR count). The Labute approximate surface area is 388 Å². The molecule has 6 aromatic heterocycles. The monoisotopic (exact) mass is 918 g/mol. The van der Waals surface area contributed by atoms with Crippen LogP contribution in [0.2, 0.25) is 0 Å². The number of hydrogen-bond donors (Lipinski definition) is 2. The molecule has 2 saturated heterocycles. The molecule has 0 saturated carbocycles. The van der Waals surface area contributed by atoms with E-state index in [4.69, 9.17) is 23.7 Å². The summed E-state index contributed by atoms with van der Waals surface area (Å²) in [5.74, 6) is 3.23. The highest BCUT2D eigenvalue weighted by Gasteiger charge is 2.22. The zero-order valence-corrected chi connectivity index (χ0v) is 38.0. The van der Waals surface area contributed by atoms with Crippen molar-refractivity contribution in [3.8, 4) is 28.7 Å². The molecule has 0 unspecified atom stereocenters. The molecule has 67 heavy (non-hydrogen) atoms. The summed E-state index contributed by atoms with van der Waals surface area (Å²) in [5.41, 5.74) is 4.54. The van der Waals surface area contributed by atoms with Crippen molar-refractivity contribution in [2.24, 2.45) is 0 Å². The molecule has 6 aromatic rings. The first-order chi connectivity index (χ1) is 32.8. The third kappa shape index (κ3) is 11.9. The molecular weight excluding hydrogens is 860 g/mol. The van der Waals surface area contributed by atoms with E-state index in [-0.39, 0.29) is 11.1 Å². The summed E-state index contributed by atoms with van der Waals surface area (Å²) in [6, 6.07) is 14.6. The summed E-state index contributed by atoms with van der Waals surface area (Å²) in [6.45, 7) is 10.7. The third-order valence-corrected chi connectivity index (χ3v) is 12.8. The maximum Gasteiger partial charge on any atom is 0.251 e. The van der Waals surface area contributed by atoms with E-state index in [2.05, 4.69) is 40.4 Å². The van der Waals surface area contributed by atoms with Crippen LogP contribution in [-0.2, 0) is 26.2 Å². The number of fused-ring (bicyclic) bond motifs is 4. The maximum atomic E-state index is 13.7. The van der Waals surface area contributed by atoms with E-state index in [1.54, 1.807) is 53.0 Å². The fraction of sp³-hybridized carbons (Fsp3) is 0.469. The first-order valence-corrected chi connectivity index (χ1v) is 23.4. The topological polar surface area (TPSA) is 172 Å². The predicted molar refractivity (Wildman–Crippen MR) is 251 cm³/mol. The average molecular weight is 919 g/mol. The van der Waals surface area contributed by atoms with Crippen molar-refractivity contribution in [1.29, 1.82) is 0 Å². The van der Waals surface area contributed by atoms with Crippen molar-refractivity contribution in [3.05, 3.63) is 111 Å². The third-order valence-electron chi connectivity index (χ3n) is 12.8. The van der Waals surface area contributed by atoms with E-state index in [0.29, 0.717) is 87.2 Å². The van der Waals surface area contributed by atoms with Gasteiger partial charge in [-0.1, -0.05) is 0 Å². The van der Waals surface area contributed by atoms with Crippen molar-refractivity contribution in [1.82, 2.24) is 49.5 Å². The van der Waals surface area contributed by atoms with Gasteiger partial charge in [0.1, 0.15) is 11.6 Å². The highest BCUT2D eigenvalue weighted by Crippen LogP contribution is 2.30. The lowest BCUT2D eigenvalue weighted by molar-refractivity contribution is 0.191. The Morgan fingerprint density at radius 3 is 1.54 bits per heavy atom. The maximum absolute atomic E-state index is 13.7. The highest BCUT2D eigenvalue weighted by atomic mass is 19.1. The Morgan fingerprint density at radius 1 is 0.582 bits per heavy atom. The predicted octanol–water partition coefficient (Wildman–Crippen LogP) is 4.56. The lowest BCUT2D eigenvalue weighted by Crippen LogP contribution is -2.43. The number of ether oxygens (including phenoxy) is 5. The minimum atomic E-state index is -0.434. The second-order valence-corrected chi connectivity index (χ2v) is 17.3. The van der Waals surface area contributed by atoms with Crippen LogP contribution in [0.25, 0.3) is 22.1 Å². The van der Waals surface area contributed by atoms with Crippen LogP contribution in [0.5, 0.6) is 28.7 Å². The smallest absolute Gasteiger partial charge is 0.251 e. The normalized spacial score (nSPS) is 17.1. The zero-order valence-electron chi connectivity index (χ0n) is 38.0. The number of methoxy groups -OCH3 is 1. The number of rotatable bonds is 13. The molecule has 0 aliphatic carbocycles. The highest BCUT2D eigenvalue weighted by molar-refractivity contribution is 5.76. The number of likely N-dealkylation sites (tertiary alicyclic amines) is 2.